The normalized spacial score (nSPS) is 11.7. The maximum Gasteiger partial charge on any atom is 0.269 e. The standard InChI is InChI=1S/C13H10IN5O2S2/c14-9-1-3-10(4-2-9)15-17-13(23-22)18-16-11-5-7-12(8-6-11)19(20)21/h1-8,15,22H. The lowest BCUT2D eigenvalue weighted by Crippen LogP contribution is -1.93. The van der Waals surface area contributed by atoms with Crippen LogP contribution in [0.4, 0.5) is 17.1 Å². The second-order valence-electron chi connectivity index (χ2n) is 4.08. The minimum absolute atomic E-state index is 0.00165. The number of benzene rings is 2. The van der Waals surface area contributed by atoms with Crippen LogP contribution in [0.3, 0.4) is 0 Å². The number of non-ortho nitro benzene ring substituents is 1. The molecule has 0 heterocycles. The van der Waals surface area contributed by atoms with E-state index in [9.17, 15) is 10.1 Å². The van der Waals surface area contributed by atoms with Crippen LogP contribution in [-0.4, -0.2) is 10.1 Å². The van der Waals surface area contributed by atoms with Crippen LogP contribution in [0.15, 0.2) is 63.9 Å². The van der Waals surface area contributed by atoms with Crippen molar-refractivity contribution in [3.05, 3.63) is 62.2 Å². The molecule has 0 amide bonds. The molecule has 0 aromatic heterocycles. The molecule has 2 aromatic rings. The number of azo groups is 1. The molecule has 23 heavy (non-hydrogen) atoms. The van der Waals surface area contributed by atoms with Gasteiger partial charge in [0, 0.05) is 15.7 Å². The molecule has 0 aliphatic heterocycles. The van der Waals surface area contributed by atoms with Crippen LogP contribution in [0.5, 0.6) is 0 Å². The van der Waals surface area contributed by atoms with Gasteiger partial charge in [-0.05, 0) is 69.8 Å². The Morgan fingerprint density at radius 3 is 2.39 bits per heavy atom. The largest absolute Gasteiger partial charge is 0.276 e. The fourth-order valence-electron chi connectivity index (χ4n) is 1.44. The third-order valence-electron chi connectivity index (χ3n) is 2.52. The van der Waals surface area contributed by atoms with E-state index in [4.69, 9.17) is 0 Å². The molecule has 0 saturated heterocycles. The molecule has 10 heteroatoms. The van der Waals surface area contributed by atoms with Gasteiger partial charge in [-0.2, -0.15) is 0 Å². The lowest BCUT2D eigenvalue weighted by Gasteiger charge is -2.00. The highest BCUT2D eigenvalue weighted by Gasteiger charge is 2.03. The molecule has 0 fully saturated rings. The van der Waals surface area contributed by atoms with Crippen molar-refractivity contribution in [1.82, 2.24) is 0 Å². The molecule has 0 bridgehead atoms. The Kier molecular flexibility index (Phi) is 6.80. The Balaban J connectivity index is 2.04. The van der Waals surface area contributed by atoms with Crippen molar-refractivity contribution < 1.29 is 4.92 Å². The minimum Gasteiger partial charge on any atom is -0.276 e. The Bertz CT molecular complexity index is 735. The smallest absolute Gasteiger partial charge is 0.269 e. The Labute approximate surface area is 154 Å². The molecule has 118 valence electrons. The summed E-state index contributed by atoms with van der Waals surface area (Å²) >= 11 is 6.29. The number of halogens is 1. The molecule has 2 aromatic carbocycles. The van der Waals surface area contributed by atoms with Crippen LogP contribution in [0, 0.1) is 13.7 Å². The van der Waals surface area contributed by atoms with Crippen LogP contribution in [0.1, 0.15) is 0 Å². The third-order valence-corrected chi connectivity index (χ3v) is 4.06. The molecule has 7 nitrogen and oxygen atoms in total. The lowest BCUT2D eigenvalue weighted by molar-refractivity contribution is -0.384. The summed E-state index contributed by atoms with van der Waals surface area (Å²) in [5.74, 6) is 0. The topological polar surface area (TPSA) is 92.2 Å². The van der Waals surface area contributed by atoms with Gasteiger partial charge in [0.2, 0.25) is 5.17 Å². The van der Waals surface area contributed by atoms with Crippen LogP contribution < -0.4 is 5.43 Å². The van der Waals surface area contributed by atoms with Gasteiger partial charge in [0.05, 0.1) is 16.3 Å². The van der Waals surface area contributed by atoms with E-state index in [0.717, 1.165) is 20.1 Å². The first kappa shape index (κ1) is 17.7. The van der Waals surface area contributed by atoms with Gasteiger partial charge in [-0.3, -0.25) is 15.5 Å². The number of nitro benzene ring substituents is 1. The van der Waals surface area contributed by atoms with Gasteiger partial charge in [-0.15, -0.1) is 27.0 Å². The van der Waals surface area contributed by atoms with E-state index >= 15 is 0 Å². The Hall–Kier alpha value is -1.66. The maximum absolute atomic E-state index is 10.6. The Morgan fingerprint density at radius 2 is 1.83 bits per heavy atom. The van der Waals surface area contributed by atoms with Crippen molar-refractivity contribution in [2.75, 3.05) is 5.43 Å². The molecule has 0 radical (unpaired) electrons. The number of amidine groups is 1. The molecule has 1 N–H and O–H groups in total. The summed E-state index contributed by atoms with van der Waals surface area (Å²) in [5.41, 5.74) is 4.16. The van der Waals surface area contributed by atoms with Crippen LogP contribution in [-0.2, 0) is 0 Å². The average molecular weight is 459 g/mol. The maximum atomic E-state index is 10.6. The summed E-state index contributed by atoms with van der Waals surface area (Å²) in [6, 6.07) is 13.4. The summed E-state index contributed by atoms with van der Waals surface area (Å²) < 4.78 is 1.12. The SMILES string of the molecule is O=[N+]([O-])c1ccc(N=NC(=NNc2ccc(I)cc2)SS)cc1. The van der Waals surface area contributed by atoms with Gasteiger partial charge < -0.3 is 0 Å². The summed E-state index contributed by atoms with van der Waals surface area (Å²) in [6.07, 6.45) is 0. The monoisotopic (exact) mass is 459 g/mol. The number of hydrogen-bond donors (Lipinski definition) is 2. The molecule has 0 spiro atoms. The number of nitrogens with zero attached hydrogens (tertiary/aromatic N) is 4. The van der Waals surface area contributed by atoms with E-state index in [1.165, 1.54) is 24.3 Å². The van der Waals surface area contributed by atoms with E-state index < -0.39 is 4.92 Å². The van der Waals surface area contributed by atoms with E-state index in [2.05, 4.69) is 55.0 Å². The molecule has 0 atom stereocenters. The van der Waals surface area contributed by atoms with Crippen LogP contribution in [0.25, 0.3) is 0 Å². The molecule has 2 rings (SSSR count). The van der Waals surface area contributed by atoms with Gasteiger partial charge in [0.15, 0.2) is 0 Å². The number of hydrazone groups is 1. The van der Waals surface area contributed by atoms with Crippen molar-refractivity contribution in [2.45, 2.75) is 0 Å². The predicted molar refractivity (Wildman–Crippen MR) is 104 cm³/mol. The van der Waals surface area contributed by atoms with Gasteiger partial charge in [0.1, 0.15) is 0 Å². The first-order chi connectivity index (χ1) is 11.1. The first-order valence-electron chi connectivity index (χ1n) is 6.15. The van der Waals surface area contributed by atoms with Gasteiger partial charge >= 0.3 is 0 Å². The number of nitro groups is 1. The second-order valence-corrected chi connectivity index (χ2v) is 6.42. The Morgan fingerprint density at radius 1 is 1.17 bits per heavy atom. The van der Waals surface area contributed by atoms with E-state index in [1.54, 1.807) is 0 Å². The van der Waals surface area contributed by atoms with Gasteiger partial charge in [0.25, 0.3) is 5.69 Å². The van der Waals surface area contributed by atoms with E-state index in [0.29, 0.717) is 10.9 Å². The highest BCUT2D eigenvalue weighted by Crippen LogP contribution is 2.20. The molecule has 0 aliphatic carbocycles. The van der Waals surface area contributed by atoms with E-state index in [-0.39, 0.29) is 5.69 Å². The zero-order valence-electron chi connectivity index (χ0n) is 11.5. The van der Waals surface area contributed by atoms with Crippen molar-refractivity contribution >= 4 is 67.3 Å². The average Bonchev–Trinajstić information content (AvgIpc) is 2.57. The summed E-state index contributed by atoms with van der Waals surface area (Å²) in [4.78, 5) is 10.1. The van der Waals surface area contributed by atoms with Gasteiger partial charge in [-0.25, -0.2) is 0 Å². The molecular weight excluding hydrogens is 449 g/mol. The molecule has 0 saturated carbocycles. The van der Waals surface area contributed by atoms with Crippen LogP contribution in [0.2, 0.25) is 0 Å². The minimum atomic E-state index is -0.470. The fourth-order valence-corrected chi connectivity index (χ4v) is 2.19. The number of nitrogens with one attached hydrogen (secondary N) is 1. The summed E-state index contributed by atoms with van der Waals surface area (Å²) in [5, 5.41) is 22.9. The molecular formula is C13H10IN5O2S2. The fraction of sp³-hybridized carbons (Fsp3) is 0. The zero-order chi connectivity index (χ0) is 16.7. The molecule has 0 unspecified atom stereocenters. The highest BCUT2D eigenvalue weighted by atomic mass is 127. The van der Waals surface area contributed by atoms with Crippen LogP contribution >= 0.6 is 45.0 Å². The van der Waals surface area contributed by atoms with E-state index in [1.807, 2.05) is 24.3 Å². The molecule has 0 aliphatic rings. The van der Waals surface area contributed by atoms with Crippen molar-refractivity contribution in [3.63, 3.8) is 0 Å². The summed E-state index contributed by atoms with van der Waals surface area (Å²) in [7, 11) is 1.03. The number of thiol groups is 1. The number of anilines is 1. The third kappa shape index (κ3) is 5.80. The van der Waals surface area contributed by atoms with Crippen molar-refractivity contribution in [3.8, 4) is 0 Å². The quantitative estimate of drug-likeness (QED) is 0.0956. The summed E-state index contributed by atoms with van der Waals surface area (Å²) in [6.45, 7) is 0. The number of hydrogen-bond acceptors (Lipinski definition) is 7. The van der Waals surface area contributed by atoms with Gasteiger partial charge in [-0.1, -0.05) is 0 Å². The highest BCUT2D eigenvalue weighted by molar-refractivity contribution is 14.1. The second kappa shape index (κ2) is 8.84. The predicted octanol–water partition coefficient (Wildman–Crippen LogP) is 5.24. The zero-order valence-corrected chi connectivity index (χ0v) is 15.3. The van der Waals surface area contributed by atoms with Crippen molar-refractivity contribution in [2.24, 2.45) is 15.3 Å². The van der Waals surface area contributed by atoms with Crippen molar-refractivity contribution in [1.29, 1.82) is 0 Å². The number of rotatable bonds is 4. The lowest BCUT2D eigenvalue weighted by atomic mass is 10.3. The first-order valence-corrected chi connectivity index (χ1v) is 9.10.